The smallest absolute Gasteiger partial charge is 0.191 e. The van der Waals surface area contributed by atoms with E-state index in [9.17, 15) is 0 Å². The number of imidazole rings is 1. The van der Waals surface area contributed by atoms with Gasteiger partial charge in [0, 0.05) is 44.5 Å². The Hall–Kier alpha value is -2.29. The predicted octanol–water partition coefficient (Wildman–Crippen LogP) is 2.87. The second-order valence-corrected chi connectivity index (χ2v) is 5.61. The Morgan fingerprint density at radius 2 is 1.96 bits per heavy atom. The largest absolute Gasteiger partial charge is 0.496 e. The fourth-order valence-electron chi connectivity index (χ4n) is 2.67. The molecular weight excluding hydrogens is 441 g/mol. The van der Waals surface area contributed by atoms with Gasteiger partial charge in [-0.15, -0.1) is 24.0 Å². The Morgan fingerprint density at radius 1 is 1.15 bits per heavy atom. The molecule has 0 saturated heterocycles. The predicted molar refractivity (Wildman–Crippen MR) is 116 cm³/mol. The number of benzene rings is 1. The summed E-state index contributed by atoms with van der Waals surface area (Å²) in [6, 6.07) is 14.0. The van der Waals surface area contributed by atoms with Gasteiger partial charge in [0.15, 0.2) is 5.96 Å². The van der Waals surface area contributed by atoms with Crippen LogP contribution in [0.1, 0.15) is 11.3 Å². The van der Waals surface area contributed by atoms with E-state index < -0.39 is 0 Å². The van der Waals surface area contributed by atoms with Gasteiger partial charge in [-0.05, 0) is 18.2 Å². The van der Waals surface area contributed by atoms with Crippen molar-refractivity contribution in [3.05, 3.63) is 66.1 Å². The summed E-state index contributed by atoms with van der Waals surface area (Å²) >= 11 is 0. The van der Waals surface area contributed by atoms with E-state index in [0.29, 0.717) is 6.54 Å². The maximum Gasteiger partial charge on any atom is 0.191 e. The van der Waals surface area contributed by atoms with Crippen molar-refractivity contribution in [1.29, 1.82) is 0 Å². The van der Waals surface area contributed by atoms with E-state index in [-0.39, 0.29) is 24.0 Å². The molecule has 0 aliphatic rings. The third-order valence-corrected chi connectivity index (χ3v) is 3.95. The molecule has 0 unspecified atom stereocenters. The number of hydrogen-bond acceptors (Lipinski definition) is 3. The molecule has 0 saturated carbocycles. The van der Waals surface area contributed by atoms with E-state index in [2.05, 4.69) is 26.8 Å². The van der Waals surface area contributed by atoms with E-state index in [1.807, 2.05) is 53.1 Å². The molecule has 2 heterocycles. The highest BCUT2D eigenvalue weighted by atomic mass is 127. The Labute approximate surface area is 170 Å². The Morgan fingerprint density at radius 3 is 2.73 bits per heavy atom. The van der Waals surface area contributed by atoms with Crippen molar-refractivity contribution in [3.63, 3.8) is 0 Å². The van der Waals surface area contributed by atoms with Crippen LogP contribution in [-0.4, -0.2) is 36.0 Å². The molecule has 0 aliphatic heterocycles. The highest BCUT2D eigenvalue weighted by molar-refractivity contribution is 14.0. The van der Waals surface area contributed by atoms with Crippen LogP contribution in [0.15, 0.2) is 59.9 Å². The summed E-state index contributed by atoms with van der Waals surface area (Å²) in [4.78, 5) is 8.86. The summed E-state index contributed by atoms with van der Waals surface area (Å²) in [6.45, 7) is 1.41. The first-order chi connectivity index (χ1) is 12.3. The van der Waals surface area contributed by atoms with E-state index >= 15 is 0 Å². The third kappa shape index (κ3) is 5.10. The molecule has 3 rings (SSSR count). The summed E-state index contributed by atoms with van der Waals surface area (Å²) in [7, 11) is 3.45. The molecule has 2 N–H and O–H groups in total. The van der Waals surface area contributed by atoms with Gasteiger partial charge in [-0.3, -0.25) is 4.99 Å². The van der Waals surface area contributed by atoms with Gasteiger partial charge >= 0.3 is 0 Å². The zero-order chi connectivity index (χ0) is 17.5. The first kappa shape index (κ1) is 20.0. The number of fused-ring (bicyclic) bond motifs is 1. The number of para-hydroxylation sites is 1. The van der Waals surface area contributed by atoms with Crippen LogP contribution in [0, 0.1) is 0 Å². The number of methoxy groups -OCH3 is 1. The van der Waals surface area contributed by atoms with Crippen molar-refractivity contribution < 1.29 is 4.74 Å². The molecule has 0 amide bonds. The third-order valence-electron chi connectivity index (χ3n) is 3.95. The molecule has 26 heavy (non-hydrogen) atoms. The highest BCUT2D eigenvalue weighted by Crippen LogP contribution is 2.16. The molecule has 6 nitrogen and oxygen atoms in total. The van der Waals surface area contributed by atoms with E-state index in [0.717, 1.165) is 41.6 Å². The number of pyridine rings is 1. The number of rotatable bonds is 6. The number of halogens is 1. The number of aliphatic imine (C=N–C) groups is 1. The SMILES string of the molecule is CN=C(NCCc1cn2ccccc2n1)NCc1ccccc1OC.I. The van der Waals surface area contributed by atoms with Gasteiger partial charge in [-0.25, -0.2) is 4.98 Å². The minimum Gasteiger partial charge on any atom is -0.496 e. The van der Waals surface area contributed by atoms with Crippen LogP contribution < -0.4 is 15.4 Å². The van der Waals surface area contributed by atoms with Crippen LogP contribution in [0.2, 0.25) is 0 Å². The van der Waals surface area contributed by atoms with Crippen molar-refractivity contribution in [2.75, 3.05) is 20.7 Å². The molecule has 0 radical (unpaired) electrons. The van der Waals surface area contributed by atoms with Gasteiger partial charge in [-0.2, -0.15) is 0 Å². The lowest BCUT2D eigenvalue weighted by molar-refractivity contribution is 0.409. The minimum absolute atomic E-state index is 0. The van der Waals surface area contributed by atoms with Crippen molar-refractivity contribution >= 4 is 35.6 Å². The van der Waals surface area contributed by atoms with E-state index in [1.54, 1.807) is 14.2 Å². The van der Waals surface area contributed by atoms with E-state index in [1.165, 1.54) is 0 Å². The van der Waals surface area contributed by atoms with Crippen molar-refractivity contribution in [1.82, 2.24) is 20.0 Å². The molecule has 0 aliphatic carbocycles. The lowest BCUT2D eigenvalue weighted by Gasteiger charge is -2.13. The first-order valence-electron chi connectivity index (χ1n) is 8.29. The summed E-state index contributed by atoms with van der Waals surface area (Å²) in [5.74, 6) is 1.63. The standard InChI is InChI=1S/C19H23N5O.HI/c1-20-19(22-13-15-7-3-4-8-17(15)25-2)21-11-10-16-14-24-12-6-5-9-18(24)23-16;/h3-9,12,14H,10-11,13H2,1-2H3,(H2,20,21,22);1H. The molecule has 0 atom stereocenters. The average molecular weight is 465 g/mol. The van der Waals surface area contributed by atoms with Crippen LogP contribution in [0.4, 0.5) is 0 Å². The van der Waals surface area contributed by atoms with Crippen LogP contribution >= 0.6 is 24.0 Å². The molecule has 3 aromatic rings. The Balaban J connectivity index is 0.00000243. The lowest BCUT2D eigenvalue weighted by atomic mass is 10.2. The number of nitrogens with zero attached hydrogens (tertiary/aromatic N) is 3. The summed E-state index contributed by atoms with van der Waals surface area (Å²) in [6.07, 6.45) is 4.89. The molecular formula is C19H24IN5O. The zero-order valence-corrected chi connectivity index (χ0v) is 17.3. The van der Waals surface area contributed by atoms with Gasteiger partial charge in [0.2, 0.25) is 0 Å². The number of hydrogen-bond donors (Lipinski definition) is 2. The molecule has 7 heteroatoms. The topological polar surface area (TPSA) is 63.0 Å². The van der Waals surface area contributed by atoms with Crippen molar-refractivity contribution in [2.45, 2.75) is 13.0 Å². The molecule has 2 aromatic heterocycles. The molecule has 0 fully saturated rings. The first-order valence-corrected chi connectivity index (χ1v) is 8.29. The number of guanidine groups is 1. The fraction of sp³-hybridized carbons (Fsp3) is 0.263. The van der Waals surface area contributed by atoms with Gasteiger partial charge in [0.25, 0.3) is 0 Å². The summed E-state index contributed by atoms with van der Waals surface area (Å²) in [5.41, 5.74) is 3.11. The minimum atomic E-state index is 0. The molecule has 1 aromatic carbocycles. The average Bonchev–Trinajstić information content (AvgIpc) is 3.07. The van der Waals surface area contributed by atoms with Gasteiger partial charge in [-0.1, -0.05) is 24.3 Å². The molecule has 138 valence electrons. The molecule has 0 spiro atoms. The van der Waals surface area contributed by atoms with Gasteiger partial charge in [0.1, 0.15) is 11.4 Å². The second-order valence-electron chi connectivity index (χ2n) is 5.61. The number of nitrogens with one attached hydrogen (secondary N) is 2. The highest BCUT2D eigenvalue weighted by Gasteiger charge is 2.04. The van der Waals surface area contributed by atoms with Crippen LogP contribution in [0.25, 0.3) is 5.65 Å². The fourth-order valence-corrected chi connectivity index (χ4v) is 2.67. The van der Waals surface area contributed by atoms with Gasteiger partial charge < -0.3 is 19.8 Å². The lowest BCUT2D eigenvalue weighted by Crippen LogP contribution is -2.37. The van der Waals surface area contributed by atoms with Crippen molar-refractivity contribution in [3.8, 4) is 5.75 Å². The van der Waals surface area contributed by atoms with Crippen molar-refractivity contribution in [2.24, 2.45) is 4.99 Å². The Kier molecular flexibility index (Phi) is 7.71. The van der Waals surface area contributed by atoms with Crippen LogP contribution in [-0.2, 0) is 13.0 Å². The Bertz CT molecular complexity index is 829. The van der Waals surface area contributed by atoms with E-state index in [4.69, 9.17) is 4.74 Å². The number of ether oxygens (including phenoxy) is 1. The molecule has 0 bridgehead atoms. The van der Waals surface area contributed by atoms with Crippen LogP contribution in [0.5, 0.6) is 5.75 Å². The zero-order valence-electron chi connectivity index (χ0n) is 15.0. The summed E-state index contributed by atoms with van der Waals surface area (Å²) < 4.78 is 7.40. The normalized spacial score (nSPS) is 11.1. The maximum atomic E-state index is 5.37. The summed E-state index contributed by atoms with van der Waals surface area (Å²) in [5, 5.41) is 6.63. The van der Waals surface area contributed by atoms with Gasteiger partial charge in [0.05, 0.1) is 12.8 Å². The number of aromatic nitrogens is 2. The quantitative estimate of drug-likeness (QED) is 0.334. The van der Waals surface area contributed by atoms with Crippen LogP contribution in [0.3, 0.4) is 0 Å². The maximum absolute atomic E-state index is 5.37. The monoisotopic (exact) mass is 465 g/mol. The second kappa shape index (κ2) is 10.0.